The fourth-order valence-electron chi connectivity index (χ4n) is 5.28. The van der Waals surface area contributed by atoms with Crippen LogP contribution in [0.1, 0.15) is 190 Å². The molecule has 6 atom stereocenters. The van der Waals surface area contributed by atoms with E-state index in [1.807, 2.05) is 0 Å². The maximum absolute atomic E-state index is 2.50. The topological polar surface area (TPSA) is 0 Å². The summed E-state index contributed by atoms with van der Waals surface area (Å²) < 4.78 is 0. The lowest BCUT2D eigenvalue weighted by Crippen LogP contribution is -2.21. The van der Waals surface area contributed by atoms with E-state index in [0.717, 1.165) is 0 Å². The smallest absolute Gasteiger partial charge is 0.0187 e. The first-order valence-corrected chi connectivity index (χ1v) is 13.4. The molecule has 0 radical (unpaired) electrons. The van der Waals surface area contributed by atoms with Crippen LogP contribution in [0.5, 0.6) is 0 Å². The fraction of sp³-hybridized carbons (Fsp3) is 0.800. The van der Waals surface area contributed by atoms with E-state index >= 15 is 0 Å². The van der Waals surface area contributed by atoms with Crippen molar-refractivity contribution in [3.05, 3.63) is 33.4 Å². The Morgan fingerprint density at radius 2 is 0.400 bits per heavy atom. The molecule has 1 rings (SSSR count). The van der Waals surface area contributed by atoms with Crippen LogP contribution in [-0.4, -0.2) is 0 Å². The van der Waals surface area contributed by atoms with Crippen LogP contribution in [0.4, 0.5) is 0 Å². The van der Waals surface area contributed by atoms with Gasteiger partial charge in [0.25, 0.3) is 0 Å². The van der Waals surface area contributed by atoms with Crippen molar-refractivity contribution in [2.75, 3.05) is 0 Å². The molecule has 174 valence electrons. The highest BCUT2D eigenvalue weighted by atomic mass is 14.4. The summed E-state index contributed by atoms with van der Waals surface area (Å²) in [6.07, 6.45) is 7.39. The van der Waals surface area contributed by atoms with E-state index in [1.165, 1.54) is 38.5 Å². The summed E-state index contributed by atoms with van der Waals surface area (Å²) in [5.41, 5.74) is 10.5. The van der Waals surface area contributed by atoms with E-state index in [-0.39, 0.29) is 0 Å². The standard InChI is InChI=1S/C30H54/c1-13-19(7)25-26(20(8)14-2)28(22(10)16-4)30(24(12)18-6)29(23(11)17-5)27(25)21(9)15-3/h19-24H,13-18H2,1-12H3. The zero-order valence-electron chi connectivity index (χ0n) is 22.7. The van der Waals surface area contributed by atoms with Gasteiger partial charge in [0.15, 0.2) is 0 Å². The van der Waals surface area contributed by atoms with Gasteiger partial charge >= 0.3 is 0 Å². The van der Waals surface area contributed by atoms with Crippen molar-refractivity contribution in [3.63, 3.8) is 0 Å². The van der Waals surface area contributed by atoms with Gasteiger partial charge in [-0.25, -0.2) is 0 Å². The van der Waals surface area contributed by atoms with Crippen LogP contribution in [0.25, 0.3) is 0 Å². The minimum absolute atomic E-state index is 0.634. The van der Waals surface area contributed by atoms with Gasteiger partial charge in [-0.3, -0.25) is 0 Å². The summed E-state index contributed by atoms with van der Waals surface area (Å²) in [7, 11) is 0. The zero-order valence-corrected chi connectivity index (χ0v) is 22.7. The maximum Gasteiger partial charge on any atom is -0.0187 e. The van der Waals surface area contributed by atoms with Crippen molar-refractivity contribution in [1.82, 2.24) is 0 Å². The summed E-state index contributed by atoms with van der Waals surface area (Å²) in [6.45, 7) is 29.3. The highest BCUT2D eigenvalue weighted by molar-refractivity contribution is 5.59. The molecule has 0 fully saturated rings. The summed E-state index contributed by atoms with van der Waals surface area (Å²) in [4.78, 5) is 0. The molecule has 1 aromatic carbocycles. The average molecular weight is 415 g/mol. The minimum Gasteiger partial charge on any atom is -0.0648 e. The second-order valence-electron chi connectivity index (χ2n) is 10.3. The normalized spacial score (nSPS) is 18.0. The maximum atomic E-state index is 2.50. The van der Waals surface area contributed by atoms with Gasteiger partial charge in [-0.15, -0.1) is 0 Å². The van der Waals surface area contributed by atoms with Crippen LogP contribution < -0.4 is 0 Å². The summed E-state index contributed by atoms with van der Waals surface area (Å²) in [6, 6.07) is 0. The van der Waals surface area contributed by atoms with Crippen molar-refractivity contribution in [3.8, 4) is 0 Å². The van der Waals surface area contributed by atoms with Gasteiger partial charge in [0.2, 0.25) is 0 Å². The van der Waals surface area contributed by atoms with E-state index in [9.17, 15) is 0 Å². The monoisotopic (exact) mass is 414 g/mol. The molecule has 0 spiro atoms. The highest BCUT2D eigenvalue weighted by Crippen LogP contribution is 2.50. The third-order valence-corrected chi connectivity index (χ3v) is 8.37. The first-order chi connectivity index (χ1) is 14.2. The molecule has 0 N–H and O–H groups in total. The Hall–Kier alpha value is -0.780. The lowest BCUT2D eigenvalue weighted by atomic mass is 9.67. The molecule has 0 aliphatic rings. The van der Waals surface area contributed by atoms with Crippen LogP contribution in [0, 0.1) is 0 Å². The largest absolute Gasteiger partial charge is 0.0648 e. The Morgan fingerprint density at radius 1 is 0.300 bits per heavy atom. The first-order valence-electron chi connectivity index (χ1n) is 13.4. The minimum atomic E-state index is 0.634. The Bertz CT molecular complexity index is 485. The van der Waals surface area contributed by atoms with Crippen LogP contribution in [-0.2, 0) is 0 Å². The first kappa shape index (κ1) is 27.3. The summed E-state index contributed by atoms with van der Waals surface area (Å²) >= 11 is 0. The molecule has 1 aromatic rings. The number of hydrogen-bond donors (Lipinski definition) is 0. The Morgan fingerprint density at radius 3 is 0.467 bits per heavy atom. The van der Waals surface area contributed by atoms with Gasteiger partial charge in [-0.2, -0.15) is 0 Å². The molecule has 0 saturated carbocycles. The number of benzene rings is 1. The third-order valence-electron chi connectivity index (χ3n) is 8.37. The van der Waals surface area contributed by atoms with Crippen molar-refractivity contribution >= 4 is 0 Å². The lowest BCUT2D eigenvalue weighted by molar-refractivity contribution is 0.580. The molecular weight excluding hydrogens is 360 g/mol. The third kappa shape index (κ3) is 5.34. The molecule has 0 nitrogen and oxygen atoms in total. The van der Waals surface area contributed by atoms with E-state index in [0.29, 0.717) is 35.5 Å². The predicted molar refractivity (Wildman–Crippen MR) is 139 cm³/mol. The molecular formula is C30H54. The molecule has 0 heteroatoms. The molecule has 6 unspecified atom stereocenters. The second-order valence-corrected chi connectivity index (χ2v) is 10.3. The van der Waals surface area contributed by atoms with Crippen molar-refractivity contribution < 1.29 is 0 Å². The molecule has 0 saturated heterocycles. The molecule has 0 aliphatic carbocycles. The molecule has 30 heavy (non-hydrogen) atoms. The van der Waals surface area contributed by atoms with Gasteiger partial charge in [-0.1, -0.05) is 83.1 Å². The van der Waals surface area contributed by atoms with Crippen LogP contribution in [0.3, 0.4) is 0 Å². The number of rotatable bonds is 12. The molecule has 0 amide bonds. The molecule has 0 bridgehead atoms. The quantitative estimate of drug-likeness (QED) is 0.319. The predicted octanol–water partition coefficient (Wildman–Crippen LogP) is 10.8. The van der Waals surface area contributed by atoms with Gasteiger partial charge in [0.1, 0.15) is 0 Å². The van der Waals surface area contributed by atoms with Crippen LogP contribution >= 0.6 is 0 Å². The lowest BCUT2D eigenvalue weighted by Gasteiger charge is -2.38. The SMILES string of the molecule is CCC(C)c1c(C(C)CC)c(C(C)CC)c(C(C)CC)c(C(C)CC)c1C(C)CC. The van der Waals surface area contributed by atoms with E-state index in [1.54, 1.807) is 33.4 Å². The van der Waals surface area contributed by atoms with Gasteiger partial charge in [0.05, 0.1) is 0 Å². The molecule has 0 aromatic heterocycles. The number of hydrogen-bond acceptors (Lipinski definition) is 0. The van der Waals surface area contributed by atoms with Crippen LogP contribution in [0.15, 0.2) is 0 Å². The average Bonchev–Trinajstić information content (AvgIpc) is 2.78. The summed E-state index contributed by atoms with van der Waals surface area (Å²) in [5.74, 6) is 3.80. The zero-order chi connectivity index (χ0) is 23.2. The second kappa shape index (κ2) is 12.3. The fourth-order valence-corrected chi connectivity index (χ4v) is 5.28. The van der Waals surface area contributed by atoms with E-state index in [2.05, 4.69) is 83.1 Å². The van der Waals surface area contributed by atoms with E-state index < -0.39 is 0 Å². The van der Waals surface area contributed by atoms with Crippen LogP contribution in [0.2, 0.25) is 0 Å². The van der Waals surface area contributed by atoms with E-state index in [4.69, 9.17) is 0 Å². The summed E-state index contributed by atoms with van der Waals surface area (Å²) in [5, 5.41) is 0. The Kier molecular flexibility index (Phi) is 11.2. The Labute approximate surface area is 190 Å². The van der Waals surface area contributed by atoms with Gasteiger partial charge < -0.3 is 0 Å². The highest BCUT2D eigenvalue weighted by Gasteiger charge is 2.33. The van der Waals surface area contributed by atoms with Gasteiger partial charge in [0, 0.05) is 0 Å². The Balaban J connectivity index is 4.42. The van der Waals surface area contributed by atoms with Crippen molar-refractivity contribution in [1.29, 1.82) is 0 Å². The van der Waals surface area contributed by atoms with Crippen molar-refractivity contribution in [2.24, 2.45) is 0 Å². The van der Waals surface area contributed by atoms with Gasteiger partial charge in [-0.05, 0) is 107 Å². The molecule has 0 aliphatic heterocycles. The molecule has 0 heterocycles. The van der Waals surface area contributed by atoms with Crippen molar-refractivity contribution in [2.45, 2.75) is 157 Å².